The molecule has 8 nitrogen and oxygen atoms in total. The van der Waals surface area contributed by atoms with Crippen LogP contribution in [0, 0.1) is 0 Å². The van der Waals surface area contributed by atoms with Crippen LogP contribution in [0.15, 0.2) is 48.2 Å². The maximum Gasteiger partial charge on any atom is 0.336 e. The number of carboxylic acids is 1. The van der Waals surface area contributed by atoms with Crippen molar-refractivity contribution < 1.29 is 16.1 Å². The van der Waals surface area contributed by atoms with Crippen LogP contribution in [0.4, 0.5) is 5.13 Å². The fraction of sp³-hybridized carbons (Fsp3) is 0. The molecular weight excluding hydrogens is 354 g/mol. The second kappa shape index (κ2) is 6.37. The van der Waals surface area contributed by atoms with Gasteiger partial charge in [0, 0.05) is 18.4 Å². The molecule has 0 unspecified atom stereocenters. The summed E-state index contributed by atoms with van der Waals surface area (Å²) in [5.74, 6) is -1.69. The summed E-state index contributed by atoms with van der Waals surface area (Å²) >= 11 is 1.23. The summed E-state index contributed by atoms with van der Waals surface area (Å²) in [5.41, 5.74) is 1.96. The zero-order chi connectivity index (χ0) is 18.1. The van der Waals surface area contributed by atoms with Gasteiger partial charge in [0.05, 0.1) is 11.1 Å². The topological polar surface area (TPSA) is 121 Å². The lowest BCUT2D eigenvalue weighted by Crippen LogP contribution is -2.16. The SMILES string of the molecule is O=C(O)c1ccccc1C(=O)Nc1nc(-c2ncnc3[nH]ccc23)cs1.[HH]. The number of fused-ring (bicyclic) bond motifs is 1. The fourth-order valence-corrected chi connectivity index (χ4v) is 3.24. The number of H-pyrrole nitrogens is 1. The summed E-state index contributed by atoms with van der Waals surface area (Å²) in [6.45, 7) is 0. The number of aromatic nitrogens is 4. The number of nitrogens with zero attached hydrogens (tertiary/aromatic N) is 3. The molecule has 3 heterocycles. The van der Waals surface area contributed by atoms with Crippen molar-refractivity contribution in [2.45, 2.75) is 0 Å². The van der Waals surface area contributed by atoms with Gasteiger partial charge in [-0.2, -0.15) is 0 Å². The molecule has 0 atom stereocenters. The van der Waals surface area contributed by atoms with Gasteiger partial charge in [-0.1, -0.05) is 12.1 Å². The molecule has 1 amide bonds. The van der Waals surface area contributed by atoms with Gasteiger partial charge in [-0.05, 0) is 18.2 Å². The Hall–Kier alpha value is -3.59. The Morgan fingerprint density at radius 2 is 1.96 bits per heavy atom. The third-order valence-corrected chi connectivity index (χ3v) is 4.48. The quantitative estimate of drug-likeness (QED) is 0.509. The van der Waals surface area contributed by atoms with Gasteiger partial charge in [0.2, 0.25) is 0 Å². The van der Waals surface area contributed by atoms with E-state index in [-0.39, 0.29) is 12.6 Å². The molecule has 4 rings (SSSR count). The molecule has 0 fully saturated rings. The third-order valence-electron chi connectivity index (χ3n) is 3.72. The Balaban J connectivity index is 0.00000210. The van der Waals surface area contributed by atoms with Crippen LogP contribution in [0.25, 0.3) is 22.4 Å². The molecule has 1 aromatic carbocycles. The largest absolute Gasteiger partial charge is 0.478 e. The minimum atomic E-state index is -1.16. The molecule has 0 bridgehead atoms. The van der Waals surface area contributed by atoms with Crippen LogP contribution in [0.5, 0.6) is 0 Å². The maximum absolute atomic E-state index is 12.4. The van der Waals surface area contributed by atoms with Crippen molar-refractivity contribution >= 4 is 39.4 Å². The number of hydrogen-bond donors (Lipinski definition) is 3. The maximum atomic E-state index is 12.4. The highest BCUT2D eigenvalue weighted by Crippen LogP contribution is 2.28. The first kappa shape index (κ1) is 15.9. The first-order valence-electron chi connectivity index (χ1n) is 7.51. The second-order valence-electron chi connectivity index (χ2n) is 5.30. The molecule has 0 saturated carbocycles. The van der Waals surface area contributed by atoms with E-state index in [1.54, 1.807) is 23.7 Å². The summed E-state index contributed by atoms with van der Waals surface area (Å²) in [5, 5.41) is 14.8. The van der Waals surface area contributed by atoms with Gasteiger partial charge >= 0.3 is 5.97 Å². The van der Waals surface area contributed by atoms with E-state index >= 15 is 0 Å². The molecular formula is C17H13N5O3S. The van der Waals surface area contributed by atoms with Crippen LogP contribution in [0.1, 0.15) is 22.1 Å². The Morgan fingerprint density at radius 3 is 2.77 bits per heavy atom. The van der Waals surface area contributed by atoms with Crippen molar-refractivity contribution in [2.75, 3.05) is 5.32 Å². The van der Waals surface area contributed by atoms with Gasteiger partial charge in [-0.3, -0.25) is 10.1 Å². The van der Waals surface area contributed by atoms with Gasteiger partial charge in [0.1, 0.15) is 23.4 Å². The Kier molecular flexibility index (Phi) is 3.90. The number of benzene rings is 1. The number of thiazole rings is 1. The minimum absolute atomic E-state index is 0. The van der Waals surface area contributed by atoms with Gasteiger partial charge in [0.15, 0.2) is 5.13 Å². The molecule has 3 N–H and O–H groups in total. The van der Waals surface area contributed by atoms with Crippen LogP contribution < -0.4 is 5.32 Å². The Morgan fingerprint density at radius 1 is 1.15 bits per heavy atom. The molecule has 130 valence electrons. The lowest BCUT2D eigenvalue weighted by Gasteiger charge is -2.05. The predicted molar refractivity (Wildman–Crippen MR) is 98.5 cm³/mol. The highest BCUT2D eigenvalue weighted by Gasteiger charge is 2.18. The average molecular weight is 367 g/mol. The van der Waals surface area contributed by atoms with Crippen molar-refractivity contribution in [1.82, 2.24) is 19.9 Å². The molecule has 0 aliphatic rings. The number of hydrogen-bond acceptors (Lipinski definition) is 6. The van der Waals surface area contributed by atoms with Gasteiger partial charge in [-0.25, -0.2) is 19.7 Å². The summed E-state index contributed by atoms with van der Waals surface area (Å²) < 4.78 is 0. The lowest BCUT2D eigenvalue weighted by atomic mass is 10.1. The molecule has 9 heteroatoms. The number of amides is 1. The first-order valence-corrected chi connectivity index (χ1v) is 8.39. The van der Waals surface area contributed by atoms with E-state index in [4.69, 9.17) is 0 Å². The fourth-order valence-electron chi connectivity index (χ4n) is 2.55. The minimum Gasteiger partial charge on any atom is -0.478 e. The predicted octanol–water partition coefficient (Wildman–Crippen LogP) is 3.28. The van der Waals surface area contributed by atoms with Crippen molar-refractivity contribution in [3.05, 3.63) is 59.4 Å². The van der Waals surface area contributed by atoms with E-state index < -0.39 is 11.9 Å². The molecule has 3 aromatic heterocycles. The Bertz CT molecular complexity index is 1140. The highest BCUT2D eigenvalue weighted by molar-refractivity contribution is 7.14. The number of carboxylic acid groups (broad SMARTS) is 1. The van der Waals surface area contributed by atoms with E-state index in [9.17, 15) is 14.7 Å². The van der Waals surface area contributed by atoms with Crippen molar-refractivity contribution in [1.29, 1.82) is 0 Å². The van der Waals surface area contributed by atoms with Crippen LogP contribution >= 0.6 is 11.3 Å². The summed E-state index contributed by atoms with van der Waals surface area (Å²) in [4.78, 5) is 39.5. The lowest BCUT2D eigenvalue weighted by molar-refractivity contribution is 0.0692. The van der Waals surface area contributed by atoms with E-state index in [0.717, 1.165) is 5.39 Å². The summed E-state index contributed by atoms with van der Waals surface area (Å²) in [7, 11) is 0. The molecule has 0 spiro atoms. The Labute approximate surface area is 152 Å². The first-order chi connectivity index (χ1) is 12.6. The average Bonchev–Trinajstić information content (AvgIpc) is 3.30. The monoisotopic (exact) mass is 367 g/mol. The molecule has 0 radical (unpaired) electrons. The number of aromatic carboxylic acids is 1. The number of anilines is 1. The van der Waals surface area contributed by atoms with E-state index in [0.29, 0.717) is 22.2 Å². The van der Waals surface area contributed by atoms with Crippen LogP contribution in [0.3, 0.4) is 0 Å². The normalized spacial score (nSPS) is 10.8. The van der Waals surface area contributed by atoms with E-state index in [1.165, 1.54) is 29.8 Å². The van der Waals surface area contributed by atoms with Gasteiger partial charge in [-0.15, -0.1) is 11.3 Å². The smallest absolute Gasteiger partial charge is 0.336 e. The zero-order valence-electron chi connectivity index (χ0n) is 13.1. The van der Waals surface area contributed by atoms with Crippen LogP contribution in [0.2, 0.25) is 0 Å². The van der Waals surface area contributed by atoms with Crippen molar-refractivity contribution in [3.8, 4) is 11.4 Å². The standard InChI is InChI=1S/C17H11N5O3S.H2/c23-15(9-3-1-2-4-10(9)16(24)25)22-17-21-12(7-26-17)13-11-5-6-18-14(11)20-8-19-13;/h1-8H,(H,24,25)(H,18,19,20)(H,21,22,23);1H. The van der Waals surface area contributed by atoms with E-state index in [1.807, 2.05) is 6.07 Å². The summed E-state index contributed by atoms with van der Waals surface area (Å²) in [6, 6.07) is 7.87. The molecule has 0 aliphatic carbocycles. The highest BCUT2D eigenvalue weighted by atomic mass is 32.1. The number of carbonyl (C=O) groups excluding carboxylic acids is 1. The number of nitrogens with one attached hydrogen (secondary N) is 2. The molecule has 4 aromatic rings. The molecule has 0 aliphatic heterocycles. The van der Waals surface area contributed by atoms with Gasteiger partial charge in [0.25, 0.3) is 5.91 Å². The van der Waals surface area contributed by atoms with Crippen LogP contribution in [-0.4, -0.2) is 36.9 Å². The van der Waals surface area contributed by atoms with Crippen molar-refractivity contribution in [3.63, 3.8) is 0 Å². The van der Waals surface area contributed by atoms with E-state index in [2.05, 4.69) is 25.3 Å². The summed E-state index contributed by atoms with van der Waals surface area (Å²) in [6.07, 6.45) is 3.20. The number of aromatic amines is 1. The van der Waals surface area contributed by atoms with Crippen LogP contribution in [-0.2, 0) is 0 Å². The van der Waals surface area contributed by atoms with Gasteiger partial charge < -0.3 is 10.1 Å². The second-order valence-corrected chi connectivity index (χ2v) is 6.16. The molecule has 26 heavy (non-hydrogen) atoms. The molecule has 0 saturated heterocycles. The third kappa shape index (κ3) is 2.80. The number of rotatable bonds is 4. The number of carbonyl (C=O) groups is 2. The zero-order valence-corrected chi connectivity index (χ0v) is 13.9. The van der Waals surface area contributed by atoms with Crippen molar-refractivity contribution in [2.24, 2.45) is 0 Å².